The second-order valence-corrected chi connectivity index (χ2v) is 6.63. The smallest absolute Gasteiger partial charge is 0.305 e. The third-order valence-corrected chi connectivity index (χ3v) is 4.62. The standard InChI is InChI=1S/C15H19ClN2O3/c16-10-7-12(18(9-10)11-3-4-11)14(21)17-15(8-13(19)20)5-1-2-6-15/h7,9,11H,1-6,8H2,(H,17,21)(H,19,20). The average molecular weight is 311 g/mol. The van der Waals surface area contributed by atoms with E-state index in [-0.39, 0.29) is 12.3 Å². The maximum absolute atomic E-state index is 12.6. The van der Waals surface area contributed by atoms with Gasteiger partial charge >= 0.3 is 5.97 Å². The van der Waals surface area contributed by atoms with Gasteiger partial charge in [0, 0.05) is 12.2 Å². The van der Waals surface area contributed by atoms with E-state index >= 15 is 0 Å². The summed E-state index contributed by atoms with van der Waals surface area (Å²) in [6.07, 6.45) is 7.25. The molecule has 0 atom stereocenters. The highest BCUT2D eigenvalue weighted by Gasteiger charge is 2.38. The number of hydrogen-bond acceptors (Lipinski definition) is 2. The van der Waals surface area contributed by atoms with Crippen LogP contribution in [0.4, 0.5) is 0 Å². The van der Waals surface area contributed by atoms with Crippen LogP contribution in [0.1, 0.15) is 61.5 Å². The highest BCUT2D eigenvalue weighted by atomic mass is 35.5. The summed E-state index contributed by atoms with van der Waals surface area (Å²) < 4.78 is 1.92. The normalized spacial score (nSPS) is 20.4. The van der Waals surface area contributed by atoms with Gasteiger partial charge in [0.15, 0.2) is 0 Å². The van der Waals surface area contributed by atoms with Gasteiger partial charge in [-0.3, -0.25) is 9.59 Å². The second kappa shape index (κ2) is 5.37. The highest BCUT2D eigenvalue weighted by molar-refractivity contribution is 6.31. The van der Waals surface area contributed by atoms with Gasteiger partial charge in [-0.05, 0) is 31.7 Å². The number of hydrogen-bond donors (Lipinski definition) is 2. The first-order valence-corrected chi connectivity index (χ1v) is 7.79. The lowest BCUT2D eigenvalue weighted by Crippen LogP contribution is -2.48. The van der Waals surface area contributed by atoms with Gasteiger partial charge in [0.1, 0.15) is 5.69 Å². The first-order chi connectivity index (χ1) is 9.99. The summed E-state index contributed by atoms with van der Waals surface area (Å²) in [5.41, 5.74) is -0.0622. The van der Waals surface area contributed by atoms with Crippen molar-refractivity contribution in [3.63, 3.8) is 0 Å². The number of carbonyl (C=O) groups is 2. The highest BCUT2D eigenvalue weighted by Crippen LogP contribution is 2.38. The minimum absolute atomic E-state index is 0.0173. The van der Waals surface area contributed by atoms with Gasteiger partial charge < -0.3 is 15.0 Å². The van der Waals surface area contributed by atoms with E-state index in [0.717, 1.165) is 38.5 Å². The Kier molecular flexibility index (Phi) is 3.69. The van der Waals surface area contributed by atoms with Crippen LogP contribution in [0.5, 0.6) is 0 Å². The van der Waals surface area contributed by atoms with E-state index in [2.05, 4.69) is 5.32 Å². The summed E-state index contributed by atoms with van der Waals surface area (Å²) in [4.78, 5) is 23.7. The largest absolute Gasteiger partial charge is 0.481 e. The van der Waals surface area contributed by atoms with Crippen molar-refractivity contribution in [2.75, 3.05) is 0 Å². The molecule has 0 spiro atoms. The van der Waals surface area contributed by atoms with Crippen molar-refractivity contribution in [1.29, 1.82) is 0 Å². The average Bonchev–Trinajstić information content (AvgIpc) is 3.03. The number of nitrogens with zero attached hydrogens (tertiary/aromatic N) is 1. The molecule has 1 heterocycles. The van der Waals surface area contributed by atoms with E-state index in [9.17, 15) is 9.59 Å². The Morgan fingerprint density at radius 3 is 2.62 bits per heavy atom. The van der Waals surface area contributed by atoms with E-state index in [1.54, 1.807) is 12.3 Å². The first kappa shape index (κ1) is 14.4. The van der Waals surface area contributed by atoms with Crippen molar-refractivity contribution in [3.05, 3.63) is 23.0 Å². The van der Waals surface area contributed by atoms with Gasteiger partial charge in [0.2, 0.25) is 0 Å². The molecule has 1 aromatic rings. The van der Waals surface area contributed by atoms with Crippen molar-refractivity contribution in [3.8, 4) is 0 Å². The number of aromatic nitrogens is 1. The van der Waals surface area contributed by atoms with Crippen molar-refractivity contribution in [1.82, 2.24) is 9.88 Å². The molecule has 21 heavy (non-hydrogen) atoms. The number of amides is 1. The summed E-state index contributed by atoms with van der Waals surface area (Å²) in [6.45, 7) is 0. The van der Waals surface area contributed by atoms with Crippen LogP contribution in [-0.2, 0) is 4.79 Å². The van der Waals surface area contributed by atoms with E-state index in [0.29, 0.717) is 16.8 Å². The second-order valence-electron chi connectivity index (χ2n) is 6.19. The maximum atomic E-state index is 12.6. The topological polar surface area (TPSA) is 71.3 Å². The Hall–Kier alpha value is -1.49. The molecule has 2 aliphatic carbocycles. The van der Waals surface area contributed by atoms with Gasteiger partial charge in [0.25, 0.3) is 5.91 Å². The van der Waals surface area contributed by atoms with E-state index in [1.165, 1.54) is 0 Å². The Morgan fingerprint density at radius 2 is 2.05 bits per heavy atom. The number of aliphatic carboxylic acids is 1. The number of carbonyl (C=O) groups excluding carboxylic acids is 1. The van der Waals surface area contributed by atoms with Crippen LogP contribution >= 0.6 is 11.6 Å². The summed E-state index contributed by atoms with van der Waals surface area (Å²) in [7, 11) is 0. The molecule has 2 fully saturated rings. The molecule has 2 N–H and O–H groups in total. The molecule has 0 unspecified atom stereocenters. The Balaban J connectivity index is 1.80. The van der Waals surface area contributed by atoms with Crippen LogP contribution in [0.25, 0.3) is 0 Å². The molecule has 0 bridgehead atoms. The Bertz CT molecular complexity index is 571. The fourth-order valence-electron chi connectivity index (χ4n) is 3.27. The number of carboxylic acids is 1. The predicted octanol–water partition coefficient (Wildman–Crippen LogP) is 2.99. The van der Waals surface area contributed by atoms with Crippen LogP contribution < -0.4 is 5.32 Å². The number of halogens is 1. The fraction of sp³-hybridized carbons (Fsp3) is 0.600. The van der Waals surface area contributed by atoms with Crippen LogP contribution in [0.3, 0.4) is 0 Å². The molecule has 0 aliphatic heterocycles. The lowest BCUT2D eigenvalue weighted by Gasteiger charge is -2.28. The van der Waals surface area contributed by atoms with Gasteiger partial charge in [-0.25, -0.2) is 0 Å². The monoisotopic (exact) mass is 310 g/mol. The quantitative estimate of drug-likeness (QED) is 0.878. The summed E-state index contributed by atoms with van der Waals surface area (Å²) in [5, 5.41) is 12.6. The van der Waals surface area contributed by atoms with Gasteiger partial charge in [-0.15, -0.1) is 0 Å². The van der Waals surface area contributed by atoms with Crippen molar-refractivity contribution in [2.24, 2.45) is 0 Å². The first-order valence-electron chi connectivity index (χ1n) is 7.41. The van der Waals surface area contributed by atoms with E-state index < -0.39 is 11.5 Å². The molecule has 114 valence electrons. The molecule has 6 heteroatoms. The van der Waals surface area contributed by atoms with Crippen molar-refractivity contribution < 1.29 is 14.7 Å². The minimum Gasteiger partial charge on any atom is -0.481 e. The van der Waals surface area contributed by atoms with Crippen LogP contribution in [0.15, 0.2) is 12.3 Å². The molecule has 1 amide bonds. The zero-order valence-electron chi connectivity index (χ0n) is 11.8. The summed E-state index contributed by atoms with van der Waals surface area (Å²) in [6, 6.07) is 2.02. The molecule has 0 saturated heterocycles. The van der Waals surface area contributed by atoms with Gasteiger partial charge in [0.05, 0.1) is 17.0 Å². The Morgan fingerprint density at radius 1 is 1.38 bits per heavy atom. The molecule has 5 nitrogen and oxygen atoms in total. The zero-order valence-corrected chi connectivity index (χ0v) is 12.5. The summed E-state index contributed by atoms with van der Waals surface area (Å²) in [5.74, 6) is -1.08. The fourth-order valence-corrected chi connectivity index (χ4v) is 3.48. The molecule has 1 aromatic heterocycles. The lowest BCUT2D eigenvalue weighted by atomic mass is 9.93. The molecule has 3 rings (SSSR count). The van der Waals surface area contributed by atoms with E-state index in [4.69, 9.17) is 16.7 Å². The van der Waals surface area contributed by atoms with Gasteiger partial charge in [-0.2, -0.15) is 0 Å². The third-order valence-electron chi connectivity index (χ3n) is 4.42. The lowest BCUT2D eigenvalue weighted by molar-refractivity contribution is -0.138. The third kappa shape index (κ3) is 3.07. The zero-order chi connectivity index (χ0) is 15.0. The van der Waals surface area contributed by atoms with Crippen molar-refractivity contribution in [2.45, 2.75) is 56.5 Å². The summed E-state index contributed by atoms with van der Waals surface area (Å²) >= 11 is 6.02. The van der Waals surface area contributed by atoms with Crippen LogP contribution in [0, 0.1) is 0 Å². The minimum atomic E-state index is -0.868. The maximum Gasteiger partial charge on any atom is 0.305 e. The van der Waals surface area contributed by atoms with Gasteiger partial charge in [-0.1, -0.05) is 24.4 Å². The number of carboxylic acid groups (broad SMARTS) is 1. The molecular formula is C15H19ClN2O3. The number of nitrogens with one attached hydrogen (secondary N) is 1. The number of rotatable bonds is 5. The molecule has 0 radical (unpaired) electrons. The van der Waals surface area contributed by atoms with Crippen molar-refractivity contribution >= 4 is 23.5 Å². The molecule has 2 aliphatic rings. The van der Waals surface area contributed by atoms with Crippen LogP contribution in [0.2, 0.25) is 5.02 Å². The Labute approximate surface area is 128 Å². The van der Waals surface area contributed by atoms with Crippen LogP contribution in [-0.4, -0.2) is 27.1 Å². The van der Waals surface area contributed by atoms with E-state index in [1.807, 2.05) is 4.57 Å². The molecular weight excluding hydrogens is 292 g/mol. The predicted molar refractivity (Wildman–Crippen MR) is 78.6 cm³/mol. The SMILES string of the molecule is O=C(O)CC1(NC(=O)c2cc(Cl)cn2C2CC2)CCCC1. The molecule has 0 aromatic carbocycles. The molecule has 2 saturated carbocycles.